The van der Waals surface area contributed by atoms with Crippen LogP contribution in [-0.4, -0.2) is 28.0 Å². The number of hydrogen-bond donors (Lipinski definition) is 2. The average molecular weight is 594 g/mol. The predicted molar refractivity (Wildman–Crippen MR) is 163 cm³/mol. The molecule has 2 rings (SSSR count). The van der Waals surface area contributed by atoms with Crippen LogP contribution in [0.15, 0.2) is 11.6 Å². The van der Waals surface area contributed by atoms with Gasteiger partial charge in [0.15, 0.2) is 5.78 Å². The summed E-state index contributed by atoms with van der Waals surface area (Å²) in [4.78, 5) is 45.0. The number of phosphoric ester groups is 1. The van der Waals surface area contributed by atoms with Crippen LogP contribution in [0.3, 0.4) is 0 Å². The number of nitriles is 1. The molecule has 8 heteroatoms. The second-order valence-electron chi connectivity index (χ2n) is 16.0. The molecule has 5 atom stereocenters. The normalized spacial score (nSPS) is 30.1. The van der Waals surface area contributed by atoms with Crippen LogP contribution in [0, 0.1) is 55.7 Å². The molecule has 0 heterocycles. The van der Waals surface area contributed by atoms with Crippen LogP contribution in [0.1, 0.15) is 128 Å². The Bertz CT molecular complexity index is 1130. The Morgan fingerprint density at radius 2 is 1.66 bits per heavy atom. The number of phosphoric acid groups is 1. The van der Waals surface area contributed by atoms with Gasteiger partial charge >= 0.3 is 7.82 Å². The van der Waals surface area contributed by atoms with Crippen LogP contribution in [0.2, 0.25) is 0 Å². The topological polar surface area (TPSA) is 125 Å². The quantitative estimate of drug-likeness (QED) is 0.206. The summed E-state index contributed by atoms with van der Waals surface area (Å²) < 4.78 is 16.8. The van der Waals surface area contributed by atoms with E-state index >= 15 is 0 Å². The van der Waals surface area contributed by atoms with E-state index in [1.54, 1.807) is 6.92 Å². The van der Waals surface area contributed by atoms with E-state index < -0.39 is 24.1 Å². The van der Waals surface area contributed by atoms with Gasteiger partial charge in [-0.25, -0.2) is 4.57 Å². The van der Waals surface area contributed by atoms with Crippen molar-refractivity contribution in [3.8, 4) is 6.07 Å². The molecule has 0 aromatic carbocycles. The van der Waals surface area contributed by atoms with Gasteiger partial charge in [0.1, 0.15) is 11.9 Å². The van der Waals surface area contributed by atoms with Crippen molar-refractivity contribution in [3.05, 3.63) is 11.6 Å². The molecule has 0 aliphatic heterocycles. The molecule has 0 aromatic heterocycles. The summed E-state index contributed by atoms with van der Waals surface area (Å²) in [6.45, 7) is 23.1. The van der Waals surface area contributed by atoms with E-state index in [1.165, 1.54) is 0 Å². The molecule has 1 fully saturated rings. The van der Waals surface area contributed by atoms with Gasteiger partial charge < -0.3 is 14.6 Å². The van der Waals surface area contributed by atoms with E-state index in [0.717, 1.165) is 38.5 Å². The van der Waals surface area contributed by atoms with Crippen molar-refractivity contribution in [1.29, 1.82) is 5.26 Å². The smallest absolute Gasteiger partial charge is 0.303 e. The summed E-state index contributed by atoms with van der Waals surface area (Å²) >= 11 is 0. The van der Waals surface area contributed by atoms with E-state index in [9.17, 15) is 29.2 Å². The summed E-state index contributed by atoms with van der Waals surface area (Å²) in [5.74, 6) is -0.0652. The first-order valence-corrected chi connectivity index (χ1v) is 16.8. The monoisotopic (exact) mass is 593 g/mol. The molecule has 0 bridgehead atoms. The number of carbonyl (C=O) groups is 2. The van der Waals surface area contributed by atoms with E-state index in [4.69, 9.17) is 4.52 Å². The zero-order valence-electron chi connectivity index (χ0n) is 27.5. The largest absolute Gasteiger partial charge is 0.469 e. The minimum Gasteiger partial charge on any atom is -0.303 e. The molecular weight excluding hydrogens is 537 g/mol. The van der Waals surface area contributed by atoms with Gasteiger partial charge in [-0.15, -0.1) is 0 Å². The second kappa shape index (κ2) is 12.0. The van der Waals surface area contributed by atoms with Crippen LogP contribution in [0.4, 0.5) is 0 Å². The van der Waals surface area contributed by atoms with Crippen LogP contribution in [0.25, 0.3) is 0 Å². The lowest BCUT2D eigenvalue weighted by atomic mass is 9.39. The van der Waals surface area contributed by atoms with Gasteiger partial charge in [-0.3, -0.25) is 9.32 Å². The summed E-state index contributed by atoms with van der Waals surface area (Å²) in [7, 11) is -4.61. The molecular formula is C33H56NO6P. The van der Waals surface area contributed by atoms with Crippen molar-refractivity contribution in [1.82, 2.24) is 0 Å². The summed E-state index contributed by atoms with van der Waals surface area (Å²) in [6, 6.07) is 2.16. The minimum atomic E-state index is -4.61. The Morgan fingerprint density at radius 1 is 1.10 bits per heavy atom. The Hall–Kier alpha value is -1.32. The van der Waals surface area contributed by atoms with Crippen LogP contribution >= 0.6 is 7.82 Å². The fraction of sp³-hybridized carbons (Fsp3) is 0.848. The first-order chi connectivity index (χ1) is 18.4. The van der Waals surface area contributed by atoms with Crippen LogP contribution in [-0.2, 0) is 18.7 Å². The molecule has 1 saturated carbocycles. The number of carbonyl (C=O) groups excluding carboxylic acids is 2. The summed E-state index contributed by atoms with van der Waals surface area (Å²) in [5, 5.41) is 9.89. The maximum atomic E-state index is 13.2. The Balaban J connectivity index is 2.51. The van der Waals surface area contributed by atoms with E-state index in [0.29, 0.717) is 12.8 Å². The summed E-state index contributed by atoms with van der Waals surface area (Å²) in [6.07, 6.45) is 8.13. The Kier molecular flexibility index (Phi) is 10.5. The zero-order valence-corrected chi connectivity index (χ0v) is 28.4. The summed E-state index contributed by atoms with van der Waals surface area (Å²) in [5.41, 5.74) is -1.87. The van der Waals surface area contributed by atoms with Crippen LogP contribution in [0.5, 0.6) is 0 Å². The average Bonchev–Trinajstić information content (AvgIpc) is 2.84. The molecule has 0 aromatic rings. The first kappa shape index (κ1) is 35.9. The van der Waals surface area contributed by atoms with Crippen molar-refractivity contribution in [3.63, 3.8) is 0 Å². The highest BCUT2D eigenvalue weighted by Gasteiger charge is 2.63. The molecule has 2 N–H and O–H groups in total. The number of ketones is 2. The third-order valence-electron chi connectivity index (χ3n) is 11.8. The molecule has 234 valence electrons. The second-order valence-corrected chi connectivity index (χ2v) is 17.3. The molecule has 7 nitrogen and oxygen atoms in total. The molecule has 41 heavy (non-hydrogen) atoms. The number of nitrogens with zero attached hydrogens (tertiary/aromatic N) is 1. The number of allylic oxidation sites excluding steroid dienone is 2. The molecule has 0 saturated heterocycles. The standard InChI is InChI=1S/C33H56NO6P/c1-12-28(3,4)15-17-31(9,22-40-41(37,38)39)18-16-29(5,6)33(11)14-13-25-30(7,8)27(36)24(21-34)20-32(25,10)26(33)19-23(2)35/h20,25-26H,12-19,22H2,1-11H3,(H2,37,38,39)/t25-,26+,31-,32-,33+/m0/s1. The van der Waals surface area contributed by atoms with Gasteiger partial charge in [-0.1, -0.05) is 81.7 Å². The highest BCUT2D eigenvalue weighted by Crippen LogP contribution is 2.68. The zero-order chi connectivity index (χ0) is 31.9. The molecule has 0 radical (unpaired) electrons. The maximum Gasteiger partial charge on any atom is 0.469 e. The lowest BCUT2D eigenvalue weighted by molar-refractivity contribution is -0.156. The van der Waals surface area contributed by atoms with E-state index in [1.807, 2.05) is 19.9 Å². The van der Waals surface area contributed by atoms with Gasteiger partial charge in [0, 0.05) is 11.8 Å². The Morgan fingerprint density at radius 3 is 2.15 bits per heavy atom. The molecule has 2 aliphatic carbocycles. The number of rotatable bonds is 13. The van der Waals surface area contributed by atoms with Crippen molar-refractivity contribution in [2.75, 3.05) is 6.61 Å². The lowest BCUT2D eigenvalue weighted by Crippen LogP contribution is -2.60. The highest BCUT2D eigenvalue weighted by atomic mass is 31.2. The van der Waals surface area contributed by atoms with Crippen LogP contribution < -0.4 is 0 Å². The third-order valence-corrected chi connectivity index (χ3v) is 12.3. The SMILES string of the molecule is CCC(C)(C)CC[C@@](C)(CCC(C)(C)[C@]1(C)CC[C@H]2C(C)(C)C(=O)C(C#N)=C[C@]2(C)[C@H]1CC(C)=O)COP(=O)(O)O. The number of fused-ring (bicyclic) bond motifs is 1. The van der Waals surface area contributed by atoms with Crippen molar-refractivity contribution < 1.29 is 28.5 Å². The molecule has 0 spiro atoms. The lowest BCUT2D eigenvalue weighted by Gasteiger charge is -2.64. The van der Waals surface area contributed by atoms with Gasteiger partial charge in [0.25, 0.3) is 0 Å². The van der Waals surface area contributed by atoms with Crippen molar-refractivity contribution in [2.24, 2.45) is 44.3 Å². The molecule has 0 unspecified atom stereocenters. The van der Waals surface area contributed by atoms with Gasteiger partial charge in [0.2, 0.25) is 0 Å². The highest BCUT2D eigenvalue weighted by molar-refractivity contribution is 7.46. The Labute approximate surface area is 249 Å². The fourth-order valence-corrected chi connectivity index (χ4v) is 8.41. The molecule has 0 amide bonds. The van der Waals surface area contributed by atoms with Crippen molar-refractivity contribution >= 4 is 19.4 Å². The van der Waals surface area contributed by atoms with Gasteiger partial charge in [0.05, 0.1) is 12.2 Å². The van der Waals surface area contributed by atoms with Crippen molar-refractivity contribution in [2.45, 2.75) is 128 Å². The first-order valence-electron chi connectivity index (χ1n) is 15.3. The van der Waals surface area contributed by atoms with E-state index in [-0.39, 0.29) is 51.8 Å². The maximum absolute atomic E-state index is 13.2. The van der Waals surface area contributed by atoms with Gasteiger partial charge in [-0.2, -0.15) is 5.26 Å². The number of hydrogen-bond acceptors (Lipinski definition) is 5. The third kappa shape index (κ3) is 7.61. The number of Topliss-reactive ketones (excluding diaryl/α,β-unsaturated/α-hetero) is 2. The fourth-order valence-electron chi connectivity index (χ4n) is 7.93. The minimum absolute atomic E-state index is 0.0195. The van der Waals surface area contributed by atoms with E-state index in [2.05, 4.69) is 61.5 Å². The predicted octanol–water partition coefficient (Wildman–Crippen LogP) is 8.20. The molecule has 2 aliphatic rings. The van der Waals surface area contributed by atoms with Gasteiger partial charge in [-0.05, 0) is 84.4 Å².